The summed E-state index contributed by atoms with van der Waals surface area (Å²) in [6, 6.07) is 0. The molecular weight excluding hydrogens is 172 g/mol. The second kappa shape index (κ2) is 4.49. The topological polar surface area (TPSA) is 18.5 Å². The monoisotopic (exact) mass is 188 g/mol. The minimum Gasteiger partial charge on any atom is -0.376 e. The summed E-state index contributed by atoms with van der Waals surface area (Å²) in [4.78, 5) is 0. The van der Waals surface area contributed by atoms with E-state index in [-0.39, 0.29) is 0 Å². The fourth-order valence-corrected chi connectivity index (χ4v) is 3.16. The Morgan fingerprint density at radius 1 is 1.17 bits per heavy atom. The Morgan fingerprint density at radius 3 is 2.83 bits per heavy atom. The first kappa shape index (κ1) is 8.85. The van der Waals surface area contributed by atoms with Crippen LogP contribution in [0.1, 0.15) is 19.3 Å². The van der Waals surface area contributed by atoms with Crippen LogP contribution in [-0.2, 0) is 9.47 Å². The maximum Gasteiger partial charge on any atom is 0.0927 e. The molecule has 2 aliphatic rings. The van der Waals surface area contributed by atoms with Crippen LogP contribution in [0, 0.1) is 0 Å². The van der Waals surface area contributed by atoms with Gasteiger partial charge in [-0.1, -0.05) is 6.42 Å². The number of ether oxygens (including phenoxy) is 2. The van der Waals surface area contributed by atoms with Crippen molar-refractivity contribution < 1.29 is 9.47 Å². The minimum absolute atomic E-state index is 0.379. The SMILES string of the molecule is C1CCC(C2COCCO2)SC1. The molecule has 2 atom stereocenters. The Bertz CT molecular complexity index is 112. The van der Waals surface area contributed by atoms with Gasteiger partial charge < -0.3 is 9.47 Å². The summed E-state index contributed by atoms with van der Waals surface area (Å²) in [6.07, 6.45) is 4.45. The number of hydrogen-bond acceptors (Lipinski definition) is 3. The summed E-state index contributed by atoms with van der Waals surface area (Å²) in [5.41, 5.74) is 0. The number of hydrogen-bond donors (Lipinski definition) is 0. The van der Waals surface area contributed by atoms with Gasteiger partial charge in [0.25, 0.3) is 0 Å². The van der Waals surface area contributed by atoms with Crippen LogP contribution in [0.5, 0.6) is 0 Å². The van der Waals surface area contributed by atoms with Gasteiger partial charge in [0.1, 0.15) is 0 Å². The van der Waals surface area contributed by atoms with Crippen LogP contribution in [0.15, 0.2) is 0 Å². The van der Waals surface area contributed by atoms with Crippen LogP contribution in [-0.4, -0.2) is 36.9 Å². The Kier molecular flexibility index (Phi) is 3.31. The molecule has 2 unspecified atom stereocenters. The van der Waals surface area contributed by atoms with Crippen LogP contribution >= 0.6 is 11.8 Å². The molecule has 2 saturated heterocycles. The highest BCUT2D eigenvalue weighted by Crippen LogP contribution is 2.29. The molecule has 2 fully saturated rings. The molecule has 2 heterocycles. The highest BCUT2D eigenvalue weighted by molar-refractivity contribution is 8.00. The molecule has 0 spiro atoms. The first-order chi connectivity index (χ1) is 5.97. The molecule has 12 heavy (non-hydrogen) atoms. The molecule has 0 radical (unpaired) electrons. The van der Waals surface area contributed by atoms with Crippen LogP contribution < -0.4 is 0 Å². The smallest absolute Gasteiger partial charge is 0.0927 e. The van der Waals surface area contributed by atoms with E-state index in [9.17, 15) is 0 Å². The van der Waals surface area contributed by atoms with E-state index in [0.717, 1.165) is 19.8 Å². The van der Waals surface area contributed by atoms with Crippen LogP contribution in [0.2, 0.25) is 0 Å². The zero-order chi connectivity index (χ0) is 8.23. The molecule has 0 saturated carbocycles. The third-order valence-electron chi connectivity index (χ3n) is 2.47. The average molecular weight is 188 g/mol. The molecule has 70 valence electrons. The molecule has 0 bridgehead atoms. The molecule has 0 aliphatic carbocycles. The average Bonchev–Trinajstić information content (AvgIpc) is 2.21. The van der Waals surface area contributed by atoms with Gasteiger partial charge in [0.2, 0.25) is 0 Å². The lowest BCUT2D eigenvalue weighted by atomic mass is 10.1. The number of thioether (sulfide) groups is 1. The molecule has 0 aromatic heterocycles. The van der Waals surface area contributed by atoms with Crippen LogP contribution in [0.3, 0.4) is 0 Å². The van der Waals surface area contributed by atoms with Crippen molar-refractivity contribution in [3.8, 4) is 0 Å². The molecule has 3 heteroatoms. The van der Waals surface area contributed by atoms with Gasteiger partial charge in [-0.3, -0.25) is 0 Å². The van der Waals surface area contributed by atoms with Crippen molar-refractivity contribution in [2.24, 2.45) is 0 Å². The van der Waals surface area contributed by atoms with Gasteiger partial charge in [0.05, 0.1) is 25.9 Å². The Balaban J connectivity index is 1.80. The lowest BCUT2D eigenvalue weighted by Crippen LogP contribution is -2.37. The van der Waals surface area contributed by atoms with Gasteiger partial charge in [0, 0.05) is 5.25 Å². The van der Waals surface area contributed by atoms with Gasteiger partial charge in [0.15, 0.2) is 0 Å². The molecular formula is C9H16O2S. The van der Waals surface area contributed by atoms with Crippen molar-refractivity contribution in [1.82, 2.24) is 0 Å². The maximum absolute atomic E-state index is 5.67. The van der Waals surface area contributed by atoms with Crippen molar-refractivity contribution in [3.63, 3.8) is 0 Å². The van der Waals surface area contributed by atoms with Crippen molar-refractivity contribution in [3.05, 3.63) is 0 Å². The quantitative estimate of drug-likeness (QED) is 0.624. The lowest BCUT2D eigenvalue weighted by molar-refractivity contribution is -0.0888. The van der Waals surface area contributed by atoms with Gasteiger partial charge in [-0.25, -0.2) is 0 Å². The second-order valence-electron chi connectivity index (χ2n) is 3.39. The minimum atomic E-state index is 0.379. The molecule has 2 aliphatic heterocycles. The molecule has 2 nitrogen and oxygen atoms in total. The Hall–Kier alpha value is 0.270. The predicted octanol–water partition coefficient (Wildman–Crippen LogP) is 1.69. The molecule has 2 rings (SSSR count). The van der Waals surface area contributed by atoms with E-state index in [4.69, 9.17) is 9.47 Å². The largest absolute Gasteiger partial charge is 0.376 e. The molecule has 0 aromatic rings. The summed E-state index contributed by atoms with van der Waals surface area (Å²) < 4.78 is 11.1. The van der Waals surface area contributed by atoms with E-state index in [1.54, 1.807) is 0 Å². The normalized spacial score (nSPS) is 38.0. The standard InChI is InChI=1S/C9H16O2S/c1-2-6-12-9(3-1)8-7-10-4-5-11-8/h8-9H,1-7H2. The highest BCUT2D eigenvalue weighted by atomic mass is 32.2. The summed E-state index contributed by atoms with van der Waals surface area (Å²) in [5, 5.41) is 0.707. The fraction of sp³-hybridized carbons (Fsp3) is 1.00. The zero-order valence-corrected chi connectivity index (χ0v) is 8.15. The lowest BCUT2D eigenvalue weighted by Gasteiger charge is -2.32. The van der Waals surface area contributed by atoms with Gasteiger partial charge >= 0.3 is 0 Å². The van der Waals surface area contributed by atoms with E-state index >= 15 is 0 Å². The Labute approximate surface area is 78.0 Å². The molecule has 0 aromatic carbocycles. The van der Waals surface area contributed by atoms with Crippen molar-refractivity contribution in [2.75, 3.05) is 25.6 Å². The first-order valence-corrected chi connectivity index (χ1v) is 5.82. The third-order valence-corrected chi connectivity index (χ3v) is 3.96. The van der Waals surface area contributed by atoms with E-state index in [0.29, 0.717) is 11.4 Å². The predicted molar refractivity (Wildman–Crippen MR) is 50.7 cm³/mol. The summed E-state index contributed by atoms with van der Waals surface area (Å²) in [5.74, 6) is 1.31. The second-order valence-corrected chi connectivity index (χ2v) is 4.74. The molecule has 0 amide bonds. The van der Waals surface area contributed by atoms with Crippen LogP contribution in [0.4, 0.5) is 0 Å². The summed E-state index contributed by atoms with van der Waals surface area (Å²) >= 11 is 2.06. The van der Waals surface area contributed by atoms with E-state index in [1.165, 1.54) is 25.0 Å². The van der Waals surface area contributed by atoms with Crippen molar-refractivity contribution >= 4 is 11.8 Å². The first-order valence-electron chi connectivity index (χ1n) is 4.78. The van der Waals surface area contributed by atoms with Crippen LogP contribution in [0.25, 0.3) is 0 Å². The zero-order valence-electron chi connectivity index (χ0n) is 7.33. The van der Waals surface area contributed by atoms with Gasteiger partial charge in [-0.05, 0) is 18.6 Å². The fourth-order valence-electron chi connectivity index (χ4n) is 1.78. The van der Waals surface area contributed by atoms with E-state index in [2.05, 4.69) is 11.8 Å². The number of rotatable bonds is 1. The Morgan fingerprint density at radius 2 is 2.17 bits per heavy atom. The summed E-state index contributed by atoms with van der Waals surface area (Å²) in [6.45, 7) is 2.40. The van der Waals surface area contributed by atoms with Crippen molar-refractivity contribution in [2.45, 2.75) is 30.6 Å². The summed E-state index contributed by atoms with van der Waals surface area (Å²) in [7, 11) is 0. The maximum atomic E-state index is 5.67. The van der Waals surface area contributed by atoms with E-state index < -0.39 is 0 Å². The van der Waals surface area contributed by atoms with Crippen molar-refractivity contribution in [1.29, 1.82) is 0 Å². The molecule has 0 N–H and O–H groups in total. The van der Waals surface area contributed by atoms with E-state index in [1.807, 2.05) is 0 Å². The van der Waals surface area contributed by atoms with Gasteiger partial charge in [-0.15, -0.1) is 0 Å². The van der Waals surface area contributed by atoms with Gasteiger partial charge in [-0.2, -0.15) is 11.8 Å². The third kappa shape index (κ3) is 2.15. The highest BCUT2D eigenvalue weighted by Gasteiger charge is 2.26.